The highest BCUT2D eigenvalue weighted by Crippen LogP contribution is 2.23. The number of nitriles is 1. The van der Waals surface area contributed by atoms with Gasteiger partial charge in [0.05, 0.1) is 12.5 Å². The third-order valence-corrected chi connectivity index (χ3v) is 3.85. The van der Waals surface area contributed by atoms with Gasteiger partial charge in [0.25, 0.3) is 0 Å². The molecule has 2 aromatic carbocycles. The van der Waals surface area contributed by atoms with Gasteiger partial charge in [-0.05, 0) is 30.2 Å². The van der Waals surface area contributed by atoms with Crippen LogP contribution in [0.15, 0.2) is 59.1 Å². The first-order valence-corrected chi connectivity index (χ1v) is 7.43. The van der Waals surface area contributed by atoms with Crippen molar-refractivity contribution in [2.24, 2.45) is 0 Å². The maximum absolute atomic E-state index is 9.02. The van der Waals surface area contributed by atoms with Gasteiger partial charge in [-0.2, -0.15) is 5.26 Å². The van der Waals surface area contributed by atoms with Gasteiger partial charge in [0.1, 0.15) is 0 Å². The smallest absolute Gasteiger partial charge is 0.0641 e. The van der Waals surface area contributed by atoms with E-state index in [1.54, 1.807) is 0 Å². The van der Waals surface area contributed by atoms with Gasteiger partial charge >= 0.3 is 0 Å². The molecule has 20 heavy (non-hydrogen) atoms. The number of hydrogen-bond acceptors (Lipinski definition) is 2. The average molecular weight is 329 g/mol. The van der Waals surface area contributed by atoms with Crippen molar-refractivity contribution in [3.63, 3.8) is 0 Å². The molecule has 102 valence electrons. The van der Waals surface area contributed by atoms with Gasteiger partial charge in [-0.15, -0.1) is 0 Å². The zero-order valence-electron chi connectivity index (χ0n) is 11.4. The normalized spacial score (nSPS) is 13.4. The van der Waals surface area contributed by atoms with Crippen molar-refractivity contribution in [3.8, 4) is 6.07 Å². The molecule has 0 aliphatic carbocycles. The summed E-state index contributed by atoms with van der Waals surface area (Å²) in [5, 5.41) is 12.6. The second kappa shape index (κ2) is 7.23. The number of benzene rings is 2. The Morgan fingerprint density at radius 1 is 1.05 bits per heavy atom. The van der Waals surface area contributed by atoms with Crippen molar-refractivity contribution in [1.82, 2.24) is 5.32 Å². The number of nitrogens with one attached hydrogen (secondary N) is 1. The minimum absolute atomic E-state index is 0.0554. The summed E-state index contributed by atoms with van der Waals surface area (Å²) in [4.78, 5) is 0. The number of nitrogens with zero attached hydrogens (tertiary/aromatic N) is 1. The lowest BCUT2D eigenvalue weighted by Crippen LogP contribution is -2.24. The van der Waals surface area contributed by atoms with Crippen molar-refractivity contribution in [3.05, 3.63) is 70.2 Å². The van der Waals surface area contributed by atoms with Crippen LogP contribution >= 0.6 is 15.9 Å². The highest BCUT2D eigenvalue weighted by atomic mass is 79.9. The van der Waals surface area contributed by atoms with Crippen LogP contribution in [0.3, 0.4) is 0 Å². The van der Waals surface area contributed by atoms with E-state index < -0.39 is 0 Å². The number of rotatable bonds is 5. The number of hydrogen-bond donors (Lipinski definition) is 1. The molecule has 0 aromatic heterocycles. The molecule has 2 rings (SSSR count). The van der Waals surface area contributed by atoms with E-state index in [1.807, 2.05) is 30.3 Å². The second-order valence-electron chi connectivity index (χ2n) is 4.77. The molecule has 2 aromatic rings. The van der Waals surface area contributed by atoms with Crippen molar-refractivity contribution in [2.45, 2.75) is 25.4 Å². The molecule has 2 atom stereocenters. The minimum Gasteiger partial charge on any atom is -0.302 e. The predicted octanol–water partition coefficient (Wildman–Crippen LogP) is 4.75. The van der Waals surface area contributed by atoms with Gasteiger partial charge in [0.2, 0.25) is 0 Å². The Morgan fingerprint density at radius 3 is 2.30 bits per heavy atom. The fourth-order valence-electron chi connectivity index (χ4n) is 2.20. The van der Waals surface area contributed by atoms with Gasteiger partial charge in [-0.25, -0.2) is 0 Å². The van der Waals surface area contributed by atoms with Crippen LogP contribution in [0.2, 0.25) is 0 Å². The summed E-state index contributed by atoms with van der Waals surface area (Å²) in [7, 11) is 0. The Bertz CT molecular complexity index is 572. The molecule has 0 fully saturated rings. The molecule has 0 spiro atoms. The molecule has 1 unspecified atom stereocenters. The first-order chi connectivity index (χ1) is 9.70. The first-order valence-electron chi connectivity index (χ1n) is 6.64. The molecule has 2 nitrogen and oxygen atoms in total. The summed E-state index contributed by atoms with van der Waals surface area (Å²) in [6.07, 6.45) is 0.463. The maximum atomic E-state index is 9.02. The Kier molecular flexibility index (Phi) is 5.34. The molecule has 0 saturated heterocycles. The molecular weight excluding hydrogens is 312 g/mol. The Hall–Kier alpha value is -1.63. The summed E-state index contributed by atoms with van der Waals surface area (Å²) < 4.78 is 1.07. The van der Waals surface area contributed by atoms with E-state index in [2.05, 4.69) is 58.5 Å². The Morgan fingerprint density at radius 2 is 1.70 bits per heavy atom. The van der Waals surface area contributed by atoms with Crippen molar-refractivity contribution in [1.29, 1.82) is 5.26 Å². The number of halogens is 1. The molecule has 0 aliphatic heterocycles. The van der Waals surface area contributed by atoms with Crippen LogP contribution in [0.25, 0.3) is 0 Å². The average Bonchev–Trinajstić information content (AvgIpc) is 2.48. The molecule has 1 N–H and O–H groups in total. The minimum atomic E-state index is 0.0554. The van der Waals surface area contributed by atoms with E-state index in [1.165, 1.54) is 5.56 Å². The van der Waals surface area contributed by atoms with Crippen LogP contribution < -0.4 is 5.32 Å². The zero-order chi connectivity index (χ0) is 14.4. The van der Waals surface area contributed by atoms with Crippen LogP contribution in [0, 0.1) is 11.3 Å². The van der Waals surface area contributed by atoms with E-state index in [9.17, 15) is 0 Å². The largest absolute Gasteiger partial charge is 0.302 e. The molecule has 0 bridgehead atoms. The van der Waals surface area contributed by atoms with Crippen molar-refractivity contribution < 1.29 is 0 Å². The summed E-state index contributed by atoms with van der Waals surface area (Å²) >= 11 is 3.44. The molecule has 0 saturated carbocycles. The fraction of sp³-hybridized carbons (Fsp3) is 0.235. The van der Waals surface area contributed by atoms with Gasteiger partial charge in [0, 0.05) is 16.6 Å². The van der Waals surface area contributed by atoms with Crippen LogP contribution in [0.4, 0.5) is 0 Å². The molecule has 0 radical (unpaired) electrons. The first kappa shape index (κ1) is 14.8. The van der Waals surface area contributed by atoms with Gasteiger partial charge in [-0.3, -0.25) is 0 Å². The van der Waals surface area contributed by atoms with Crippen molar-refractivity contribution >= 4 is 15.9 Å². The fourth-order valence-corrected chi connectivity index (χ4v) is 2.46. The lowest BCUT2D eigenvalue weighted by molar-refractivity contribution is 0.472. The van der Waals surface area contributed by atoms with E-state index in [4.69, 9.17) is 5.26 Å². The van der Waals surface area contributed by atoms with Gasteiger partial charge < -0.3 is 5.32 Å². The lowest BCUT2D eigenvalue weighted by atomic mass is 10.0. The van der Waals surface area contributed by atoms with Crippen LogP contribution in [-0.2, 0) is 0 Å². The van der Waals surface area contributed by atoms with Crippen LogP contribution in [0.5, 0.6) is 0 Å². The second-order valence-corrected chi connectivity index (χ2v) is 5.68. The summed E-state index contributed by atoms with van der Waals surface area (Å²) in [5.74, 6) is 0. The van der Waals surface area contributed by atoms with Gasteiger partial charge in [0.15, 0.2) is 0 Å². The standard InChI is InChI=1S/C17H17BrN2/c1-13(14-7-9-16(18)10-8-14)20-17(11-12-19)15-5-3-2-4-6-15/h2-10,13,17,20H,11H2,1H3/t13-,17?/m0/s1. The van der Waals surface area contributed by atoms with Crippen LogP contribution in [-0.4, -0.2) is 0 Å². The molecule has 0 aliphatic rings. The van der Waals surface area contributed by atoms with Gasteiger partial charge in [-0.1, -0.05) is 58.4 Å². The highest BCUT2D eigenvalue weighted by molar-refractivity contribution is 9.10. The SMILES string of the molecule is C[C@H](NC(CC#N)c1ccccc1)c1ccc(Br)cc1. The maximum Gasteiger partial charge on any atom is 0.0641 e. The quantitative estimate of drug-likeness (QED) is 0.859. The third-order valence-electron chi connectivity index (χ3n) is 3.32. The highest BCUT2D eigenvalue weighted by Gasteiger charge is 2.14. The molecule has 3 heteroatoms. The summed E-state index contributed by atoms with van der Waals surface area (Å²) in [6.45, 7) is 2.12. The lowest BCUT2D eigenvalue weighted by Gasteiger charge is -2.22. The van der Waals surface area contributed by atoms with E-state index in [0.29, 0.717) is 6.42 Å². The Balaban J connectivity index is 2.12. The molecule has 0 amide bonds. The van der Waals surface area contributed by atoms with E-state index in [0.717, 1.165) is 10.0 Å². The van der Waals surface area contributed by atoms with E-state index in [-0.39, 0.29) is 12.1 Å². The van der Waals surface area contributed by atoms with Crippen molar-refractivity contribution in [2.75, 3.05) is 0 Å². The predicted molar refractivity (Wildman–Crippen MR) is 85.1 cm³/mol. The topological polar surface area (TPSA) is 35.8 Å². The van der Waals surface area contributed by atoms with Crippen LogP contribution in [0.1, 0.15) is 36.6 Å². The van der Waals surface area contributed by atoms with E-state index >= 15 is 0 Å². The summed E-state index contributed by atoms with van der Waals surface area (Å²) in [6, 6.07) is 20.9. The third kappa shape index (κ3) is 3.93. The Labute approximate surface area is 128 Å². The zero-order valence-corrected chi connectivity index (χ0v) is 13.0. The molecular formula is C17H17BrN2. The molecule has 0 heterocycles. The summed E-state index contributed by atoms with van der Waals surface area (Å²) in [5.41, 5.74) is 2.37. The monoisotopic (exact) mass is 328 g/mol.